The van der Waals surface area contributed by atoms with Gasteiger partial charge in [-0.2, -0.15) is 0 Å². The molecule has 0 aliphatic carbocycles. The van der Waals surface area contributed by atoms with Gasteiger partial charge in [-0.15, -0.1) is 13.2 Å². The predicted molar refractivity (Wildman–Crippen MR) is 98.9 cm³/mol. The van der Waals surface area contributed by atoms with Crippen molar-refractivity contribution in [2.75, 3.05) is 13.6 Å². The van der Waals surface area contributed by atoms with Crippen LogP contribution in [0.2, 0.25) is 0 Å². The average Bonchev–Trinajstić information content (AvgIpc) is 3.22. The fourth-order valence-corrected chi connectivity index (χ4v) is 4.14. The summed E-state index contributed by atoms with van der Waals surface area (Å²) in [5.41, 5.74) is -0.0689. The molecule has 1 amide bonds. The van der Waals surface area contributed by atoms with Gasteiger partial charge in [0.05, 0.1) is 11.7 Å². The molecule has 1 aromatic carbocycles. The van der Waals surface area contributed by atoms with E-state index >= 15 is 0 Å². The third-order valence-corrected chi connectivity index (χ3v) is 5.57. The van der Waals surface area contributed by atoms with Crippen LogP contribution >= 0.6 is 0 Å². The van der Waals surface area contributed by atoms with Crippen LogP contribution in [0.25, 0.3) is 11.3 Å². The Morgan fingerprint density at radius 1 is 1.23 bits per heavy atom. The number of alkyl halides is 3. The molecule has 30 heavy (non-hydrogen) atoms. The molecule has 10 heteroatoms. The molecule has 160 valence electrons. The summed E-state index contributed by atoms with van der Waals surface area (Å²) in [4.78, 5) is 23.0. The molecule has 0 unspecified atom stereocenters. The summed E-state index contributed by atoms with van der Waals surface area (Å²) in [6.07, 6.45) is -2.94. The first-order chi connectivity index (χ1) is 14.1. The highest BCUT2D eigenvalue weighted by Crippen LogP contribution is 2.39. The topological polar surface area (TPSA) is 67.3 Å². The van der Waals surface area contributed by atoms with Crippen molar-refractivity contribution in [3.8, 4) is 17.0 Å². The number of nitrogens with zero attached hydrogens (tertiary/aromatic N) is 3. The number of rotatable bonds is 3. The molecule has 1 spiro atoms. The number of benzene rings is 1. The molecule has 3 heterocycles. The largest absolute Gasteiger partial charge is 0.573 e. The SMILES string of the molecule is Cc1cc(-c2cc(OC(F)(F)F)ccc2F)nc([C@@H]2CC[C@@]3(CCN(C)C3=O)N2)n1. The van der Waals surface area contributed by atoms with Crippen molar-refractivity contribution >= 4 is 5.91 Å². The highest BCUT2D eigenvalue weighted by atomic mass is 19.4. The van der Waals surface area contributed by atoms with E-state index in [1.54, 1.807) is 18.9 Å². The molecule has 2 aliphatic heterocycles. The third kappa shape index (κ3) is 3.83. The second-order valence-corrected chi connectivity index (χ2v) is 7.74. The summed E-state index contributed by atoms with van der Waals surface area (Å²) < 4.78 is 55.9. The minimum atomic E-state index is -4.88. The number of likely N-dealkylation sites (N-methyl/N-ethyl adjacent to an activating group) is 1. The zero-order valence-corrected chi connectivity index (χ0v) is 16.4. The molecule has 6 nitrogen and oxygen atoms in total. The molecule has 2 atom stereocenters. The molecule has 2 aliphatic rings. The van der Waals surface area contributed by atoms with Crippen LogP contribution in [0.3, 0.4) is 0 Å². The summed E-state index contributed by atoms with van der Waals surface area (Å²) in [5, 5.41) is 3.34. The molecule has 0 radical (unpaired) electrons. The molecule has 1 N–H and O–H groups in total. The number of carbonyl (C=O) groups is 1. The molecular formula is C20H20F4N4O2. The van der Waals surface area contributed by atoms with E-state index in [0.29, 0.717) is 37.3 Å². The number of hydrogen-bond acceptors (Lipinski definition) is 5. The Bertz CT molecular complexity index is 997. The van der Waals surface area contributed by atoms with Crippen LogP contribution in [0.15, 0.2) is 24.3 Å². The van der Waals surface area contributed by atoms with Crippen molar-refractivity contribution in [2.45, 2.75) is 44.1 Å². The van der Waals surface area contributed by atoms with Crippen molar-refractivity contribution in [3.63, 3.8) is 0 Å². The lowest BCUT2D eigenvalue weighted by Crippen LogP contribution is -2.47. The first kappa shape index (κ1) is 20.5. The van der Waals surface area contributed by atoms with Crippen molar-refractivity contribution in [1.29, 1.82) is 0 Å². The van der Waals surface area contributed by atoms with E-state index < -0.39 is 23.5 Å². The summed E-state index contributed by atoms with van der Waals surface area (Å²) in [6, 6.07) is 3.97. The zero-order chi connectivity index (χ0) is 21.7. The minimum Gasteiger partial charge on any atom is -0.406 e. The van der Waals surface area contributed by atoms with Crippen molar-refractivity contribution in [1.82, 2.24) is 20.2 Å². The van der Waals surface area contributed by atoms with E-state index in [4.69, 9.17) is 0 Å². The maximum atomic E-state index is 14.4. The lowest BCUT2D eigenvalue weighted by atomic mass is 9.96. The molecule has 0 saturated carbocycles. The highest BCUT2D eigenvalue weighted by Gasteiger charge is 2.50. The van der Waals surface area contributed by atoms with E-state index in [9.17, 15) is 22.4 Å². The maximum Gasteiger partial charge on any atom is 0.573 e. The number of ether oxygens (including phenoxy) is 1. The zero-order valence-electron chi connectivity index (χ0n) is 16.4. The van der Waals surface area contributed by atoms with Crippen LogP contribution in [-0.2, 0) is 4.79 Å². The van der Waals surface area contributed by atoms with Crippen molar-refractivity contribution in [2.24, 2.45) is 0 Å². The normalized spacial score (nSPS) is 24.1. The summed E-state index contributed by atoms with van der Waals surface area (Å²) in [6.45, 7) is 2.36. The number of nitrogens with one attached hydrogen (secondary N) is 1. The Kier molecular flexibility index (Phi) is 4.92. The molecule has 2 saturated heterocycles. The van der Waals surface area contributed by atoms with E-state index in [0.717, 1.165) is 18.2 Å². The van der Waals surface area contributed by atoms with Gasteiger partial charge in [-0.05, 0) is 50.5 Å². The van der Waals surface area contributed by atoms with Crippen LogP contribution < -0.4 is 10.1 Å². The second kappa shape index (κ2) is 7.19. The van der Waals surface area contributed by atoms with E-state index in [1.165, 1.54) is 6.07 Å². The number of likely N-dealkylation sites (tertiary alicyclic amines) is 1. The smallest absolute Gasteiger partial charge is 0.406 e. The fourth-order valence-electron chi connectivity index (χ4n) is 4.14. The van der Waals surface area contributed by atoms with Gasteiger partial charge in [0.25, 0.3) is 0 Å². The van der Waals surface area contributed by atoms with Gasteiger partial charge in [0.15, 0.2) is 0 Å². The lowest BCUT2D eigenvalue weighted by molar-refractivity contribution is -0.274. The van der Waals surface area contributed by atoms with E-state index in [-0.39, 0.29) is 23.2 Å². The Balaban J connectivity index is 1.65. The van der Waals surface area contributed by atoms with Gasteiger partial charge in [0.1, 0.15) is 22.9 Å². The fraction of sp³-hybridized carbons (Fsp3) is 0.450. The van der Waals surface area contributed by atoms with Gasteiger partial charge in [0, 0.05) is 24.8 Å². The molecule has 4 rings (SSSR count). The first-order valence-corrected chi connectivity index (χ1v) is 9.51. The van der Waals surface area contributed by atoms with Crippen LogP contribution in [0.5, 0.6) is 5.75 Å². The van der Waals surface area contributed by atoms with Crippen LogP contribution in [0, 0.1) is 12.7 Å². The Morgan fingerprint density at radius 2 is 2.00 bits per heavy atom. The number of aromatic nitrogens is 2. The molecular weight excluding hydrogens is 404 g/mol. The Hall–Kier alpha value is -2.75. The van der Waals surface area contributed by atoms with Crippen LogP contribution in [0.4, 0.5) is 17.6 Å². The number of amides is 1. The van der Waals surface area contributed by atoms with Crippen LogP contribution in [0.1, 0.15) is 36.8 Å². The standard InChI is InChI=1S/C20H20F4N4O2/c1-11-9-16(13-10-12(3-4-14(13)21)30-20(22,23)24)26-17(25-11)15-5-6-19(27-15)7-8-28(2)18(19)29/h3-4,9-10,15,27H,5-8H2,1-2H3/t15-,19-/m0/s1. The van der Waals surface area contributed by atoms with Gasteiger partial charge in [-0.1, -0.05) is 0 Å². The lowest BCUT2D eigenvalue weighted by Gasteiger charge is -2.23. The Morgan fingerprint density at radius 3 is 2.67 bits per heavy atom. The van der Waals surface area contributed by atoms with Gasteiger partial charge in [-0.25, -0.2) is 14.4 Å². The molecule has 1 aromatic heterocycles. The maximum absolute atomic E-state index is 14.4. The quantitative estimate of drug-likeness (QED) is 0.764. The predicted octanol–water partition coefficient (Wildman–Crippen LogP) is 3.52. The minimum absolute atomic E-state index is 0.0286. The Labute approximate surface area is 170 Å². The highest BCUT2D eigenvalue weighted by molar-refractivity contribution is 5.88. The van der Waals surface area contributed by atoms with Crippen molar-refractivity contribution < 1.29 is 27.1 Å². The first-order valence-electron chi connectivity index (χ1n) is 9.51. The average molecular weight is 424 g/mol. The summed E-state index contributed by atoms with van der Waals surface area (Å²) >= 11 is 0. The van der Waals surface area contributed by atoms with Gasteiger partial charge >= 0.3 is 6.36 Å². The molecule has 2 fully saturated rings. The molecule has 0 bridgehead atoms. The third-order valence-electron chi connectivity index (χ3n) is 5.57. The van der Waals surface area contributed by atoms with E-state index in [1.807, 2.05) is 0 Å². The van der Waals surface area contributed by atoms with Gasteiger partial charge in [0.2, 0.25) is 5.91 Å². The number of aryl methyl sites for hydroxylation is 1. The number of carbonyl (C=O) groups excluding carboxylic acids is 1. The monoisotopic (exact) mass is 424 g/mol. The van der Waals surface area contributed by atoms with Gasteiger partial charge in [-0.3, -0.25) is 10.1 Å². The number of halogens is 4. The molecule has 2 aromatic rings. The number of hydrogen-bond donors (Lipinski definition) is 1. The second-order valence-electron chi connectivity index (χ2n) is 7.74. The van der Waals surface area contributed by atoms with E-state index in [2.05, 4.69) is 20.0 Å². The summed E-state index contributed by atoms with van der Waals surface area (Å²) in [5.74, 6) is -0.849. The summed E-state index contributed by atoms with van der Waals surface area (Å²) in [7, 11) is 1.76. The van der Waals surface area contributed by atoms with Crippen LogP contribution in [-0.4, -0.2) is 46.3 Å². The van der Waals surface area contributed by atoms with Crippen molar-refractivity contribution in [3.05, 3.63) is 41.6 Å². The van der Waals surface area contributed by atoms with Gasteiger partial charge < -0.3 is 9.64 Å².